The minimum absolute atomic E-state index is 0.0657. The molecule has 0 unspecified atom stereocenters. The first-order valence-electron chi connectivity index (χ1n) is 6.39. The number of carboxylic acids is 1. The van der Waals surface area contributed by atoms with Gasteiger partial charge in [0.2, 0.25) is 0 Å². The van der Waals surface area contributed by atoms with Crippen LogP contribution in [0.3, 0.4) is 0 Å². The summed E-state index contributed by atoms with van der Waals surface area (Å²) in [5.41, 5.74) is 1.16. The SMILES string of the molecule is Cc1ccc(OCCNC(=O)N(C)CCC(=O)O)cc1. The fourth-order valence-corrected chi connectivity index (χ4v) is 1.46. The maximum absolute atomic E-state index is 11.6. The summed E-state index contributed by atoms with van der Waals surface area (Å²) in [5, 5.41) is 11.2. The van der Waals surface area contributed by atoms with Crippen LogP contribution in [0.2, 0.25) is 0 Å². The van der Waals surface area contributed by atoms with Crippen molar-refractivity contribution in [3.8, 4) is 5.75 Å². The van der Waals surface area contributed by atoms with Crippen molar-refractivity contribution in [1.29, 1.82) is 0 Å². The van der Waals surface area contributed by atoms with E-state index in [0.717, 1.165) is 11.3 Å². The number of hydrogen-bond acceptors (Lipinski definition) is 3. The third kappa shape index (κ3) is 6.08. The van der Waals surface area contributed by atoms with Gasteiger partial charge in [-0.3, -0.25) is 4.79 Å². The van der Waals surface area contributed by atoms with E-state index >= 15 is 0 Å². The molecule has 0 aromatic heterocycles. The lowest BCUT2D eigenvalue weighted by molar-refractivity contribution is -0.137. The molecule has 0 saturated carbocycles. The number of benzene rings is 1. The van der Waals surface area contributed by atoms with Gasteiger partial charge in [0.25, 0.3) is 0 Å². The number of aryl methyl sites for hydroxylation is 1. The van der Waals surface area contributed by atoms with Crippen molar-refractivity contribution in [2.24, 2.45) is 0 Å². The Morgan fingerprint density at radius 2 is 1.95 bits per heavy atom. The van der Waals surface area contributed by atoms with Crippen LogP contribution in [-0.4, -0.2) is 48.8 Å². The smallest absolute Gasteiger partial charge is 0.317 e. The number of carboxylic acid groups (broad SMARTS) is 1. The Morgan fingerprint density at radius 3 is 2.55 bits per heavy atom. The first kappa shape index (κ1) is 15.8. The predicted molar refractivity (Wildman–Crippen MR) is 75.0 cm³/mol. The Morgan fingerprint density at radius 1 is 1.30 bits per heavy atom. The second kappa shape index (κ2) is 8.04. The summed E-state index contributed by atoms with van der Waals surface area (Å²) in [6.45, 7) is 2.91. The molecule has 0 atom stereocenters. The molecule has 0 bridgehead atoms. The molecule has 0 aliphatic carbocycles. The van der Waals surface area contributed by atoms with Crippen LogP contribution in [-0.2, 0) is 4.79 Å². The first-order valence-corrected chi connectivity index (χ1v) is 6.39. The van der Waals surface area contributed by atoms with Crippen molar-refractivity contribution in [2.75, 3.05) is 26.7 Å². The van der Waals surface area contributed by atoms with Crippen molar-refractivity contribution in [1.82, 2.24) is 10.2 Å². The number of urea groups is 1. The van der Waals surface area contributed by atoms with Gasteiger partial charge in [0.05, 0.1) is 13.0 Å². The minimum Gasteiger partial charge on any atom is -0.492 e. The van der Waals surface area contributed by atoms with Crippen LogP contribution in [0.25, 0.3) is 0 Å². The predicted octanol–water partition coefficient (Wildman–Crippen LogP) is 1.49. The Labute approximate surface area is 118 Å². The third-order valence-electron chi connectivity index (χ3n) is 2.68. The highest BCUT2D eigenvalue weighted by Crippen LogP contribution is 2.10. The van der Waals surface area contributed by atoms with E-state index in [1.165, 1.54) is 4.90 Å². The summed E-state index contributed by atoms with van der Waals surface area (Å²) < 4.78 is 5.46. The molecule has 2 N–H and O–H groups in total. The quantitative estimate of drug-likeness (QED) is 0.742. The molecule has 0 fully saturated rings. The van der Waals surface area contributed by atoms with E-state index in [0.29, 0.717) is 13.2 Å². The van der Waals surface area contributed by atoms with Crippen molar-refractivity contribution in [3.63, 3.8) is 0 Å². The van der Waals surface area contributed by atoms with Crippen LogP contribution in [0.5, 0.6) is 5.75 Å². The number of carbonyl (C=O) groups excluding carboxylic acids is 1. The van der Waals surface area contributed by atoms with Crippen LogP contribution >= 0.6 is 0 Å². The summed E-state index contributed by atoms with van der Waals surface area (Å²) in [7, 11) is 1.55. The Kier molecular flexibility index (Phi) is 6.36. The normalized spacial score (nSPS) is 9.90. The molecule has 0 aliphatic rings. The second-order valence-electron chi connectivity index (χ2n) is 4.46. The molecule has 0 radical (unpaired) electrons. The molecule has 0 saturated heterocycles. The average molecular weight is 280 g/mol. The zero-order valence-electron chi connectivity index (χ0n) is 11.8. The van der Waals surface area contributed by atoms with E-state index in [9.17, 15) is 9.59 Å². The number of nitrogens with one attached hydrogen (secondary N) is 1. The van der Waals surface area contributed by atoms with E-state index in [1.54, 1.807) is 7.05 Å². The number of carbonyl (C=O) groups is 2. The fraction of sp³-hybridized carbons (Fsp3) is 0.429. The van der Waals surface area contributed by atoms with Crippen LogP contribution in [0.4, 0.5) is 4.79 Å². The van der Waals surface area contributed by atoms with Crippen molar-refractivity contribution in [2.45, 2.75) is 13.3 Å². The van der Waals surface area contributed by atoms with Crippen molar-refractivity contribution < 1.29 is 19.4 Å². The second-order valence-corrected chi connectivity index (χ2v) is 4.46. The molecule has 0 aliphatic heterocycles. The van der Waals surface area contributed by atoms with Gasteiger partial charge in [-0.2, -0.15) is 0 Å². The van der Waals surface area contributed by atoms with E-state index in [4.69, 9.17) is 9.84 Å². The van der Waals surface area contributed by atoms with Gasteiger partial charge in [-0.05, 0) is 19.1 Å². The Hall–Kier alpha value is -2.24. The molecule has 2 amide bonds. The number of hydrogen-bond donors (Lipinski definition) is 2. The third-order valence-corrected chi connectivity index (χ3v) is 2.68. The van der Waals surface area contributed by atoms with Crippen LogP contribution in [0.1, 0.15) is 12.0 Å². The first-order chi connectivity index (χ1) is 9.49. The van der Waals surface area contributed by atoms with Gasteiger partial charge in [-0.1, -0.05) is 17.7 Å². The molecule has 1 rings (SSSR count). The highest BCUT2D eigenvalue weighted by Gasteiger charge is 2.09. The molecule has 6 heteroatoms. The highest BCUT2D eigenvalue weighted by molar-refractivity contribution is 5.74. The summed E-state index contributed by atoms with van der Waals surface area (Å²) in [4.78, 5) is 23.3. The maximum Gasteiger partial charge on any atom is 0.317 e. The molecule has 0 heterocycles. The lowest BCUT2D eigenvalue weighted by Gasteiger charge is -2.17. The summed E-state index contributed by atoms with van der Waals surface area (Å²) in [6, 6.07) is 7.34. The molecule has 6 nitrogen and oxygen atoms in total. The van der Waals surface area contributed by atoms with Gasteiger partial charge < -0.3 is 20.1 Å². The molecule has 110 valence electrons. The van der Waals surface area contributed by atoms with E-state index < -0.39 is 5.97 Å². The van der Waals surface area contributed by atoms with Gasteiger partial charge >= 0.3 is 12.0 Å². The van der Waals surface area contributed by atoms with Crippen LogP contribution in [0.15, 0.2) is 24.3 Å². The van der Waals surface area contributed by atoms with Gasteiger partial charge in [0, 0.05) is 13.6 Å². The highest BCUT2D eigenvalue weighted by atomic mass is 16.5. The zero-order chi connectivity index (χ0) is 15.0. The largest absolute Gasteiger partial charge is 0.492 e. The standard InChI is InChI=1S/C14H20N2O4/c1-11-3-5-12(6-4-11)20-10-8-15-14(19)16(2)9-7-13(17)18/h3-6H,7-10H2,1-2H3,(H,15,19)(H,17,18). The molecular weight excluding hydrogens is 260 g/mol. The van der Waals surface area contributed by atoms with E-state index in [1.807, 2.05) is 31.2 Å². The van der Waals surface area contributed by atoms with Crippen LogP contribution < -0.4 is 10.1 Å². The lowest BCUT2D eigenvalue weighted by Crippen LogP contribution is -2.40. The number of amides is 2. The summed E-state index contributed by atoms with van der Waals surface area (Å²) in [5.74, 6) is -0.170. The number of nitrogens with zero attached hydrogens (tertiary/aromatic N) is 1. The number of ether oxygens (including phenoxy) is 1. The minimum atomic E-state index is -0.924. The van der Waals surface area contributed by atoms with Gasteiger partial charge in [-0.25, -0.2) is 4.79 Å². The molecule has 20 heavy (non-hydrogen) atoms. The van der Waals surface area contributed by atoms with Crippen LogP contribution in [0, 0.1) is 6.92 Å². The molecular formula is C14H20N2O4. The van der Waals surface area contributed by atoms with E-state index in [-0.39, 0.29) is 19.0 Å². The average Bonchev–Trinajstić information content (AvgIpc) is 2.42. The molecule has 1 aromatic carbocycles. The fourth-order valence-electron chi connectivity index (χ4n) is 1.46. The van der Waals surface area contributed by atoms with Gasteiger partial charge in [0.15, 0.2) is 0 Å². The summed E-state index contributed by atoms with van der Waals surface area (Å²) >= 11 is 0. The Bertz CT molecular complexity index is 445. The van der Waals surface area contributed by atoms with Gasteiger partial charge in [-0.15, -0.1) is 0 Å². The van der Waals surface area contributed by atoms with E-state index in [2.05, 4.69) is 5.32 Å². The van der Waals surface area contributed by atoms with Gasteiger partial charge in [0.1, 0.15) is 12.4 Å². The van der Waals surface area contributed by atoms with Crippen molar-refractivity contribution >= 4 is 12.0 Å². The monoisotopic (exact) mass is 280 g/mol. The maximum atomic E-state index is 11.6. The topological polar surface area (TPSA) is 78.9 Å². The zero-order valence-corrected chi connectivity index (χ0v) is 11.8. The Balaban J connectivity index is 2.18. The number of aliphatic carboxylic acids is 1. The van der Waals surface area contributed by atoms with Crippen molar-refractivity contribution in [3.05, 3.63) is 29.8 Å². The molecule has 0 spiro atoms. The lowest BCUT2D eigenvalue weighted by atomic mass is 10.2. The molecule has 1 aromatic rings. The number of rotatable bonds is 7. The summed E-state index contributed by atoms with van der Waals surface area (Å²) in [6.07, 6.45) is -0.0657.